The molecule has 0 bridgehead atoms. The maximum atomic E-state index is 13.1. The van der Waals surface area contributed by atoms with Crippen LogP contribution in [0.4, 0.5) is 10.1 Å². The van der Waals surface area contributed by atoms with Gasteiger partial charge in [-0.15, -0.1) is 0 Å². The van der Waals surface area contributed by atoms with Crippen molar-refractivity contribution in [1.82, 2.24) is 0 Å². The highest BCUT2D eigenvalue weighted by atomic mass is 19.1. The van der Waals surface area contributed by atoms with Crippen molar-refractivity contribution in [3.05, 3.63) is 29.6 Å². The zero-order valence-corrected chi connectivity index (χ0v) is 15.8. The second kappa shape index (κ2) is 13.6. The van der Waals surface area contributed by atoms with E-state index in [0.29, 0.717) is 11.6 Å². The first kappa shape index (κ1) is 23.2. The van der Waals surface area contributed by atoms with Gasteiger partial charge in [-0.05, 0) is 49.4 Å². The summed E-state index contributed by atoms with van der Waals surface area (Å²) in [7, 11) is 0. The van der Waals surface area contributed by atoms with Gasteiger partial charge in [-0.2, -0.15) is 0 Å². The quantitative estimate of drug-likeness (QED) is 0.698. The predicted octanol–water partition coefficient (Wildman–Crippen LogP) is 5.77. The molecule has 0 aromatic heterocycles. The molecule has 0 aliphatic heterocycles. The Kier molecular flexibility index (Phi) is 14.3. The molecule has 1 rings (SSSR count). The minimum Gasteiger partial charge on any atom is -0.376 e. The summed E-state index contributed by atoms with van der Waals surface area (Å²) in [5.74, 6) is 0.631. The molecule has 1 aromatic rings. The van der Waals surface area contributed by atoms with E-state index < -0.39 is 0 Å². The maximum absolute atomic E-state index is 13.1. The average molecular weight is 314 g/mol. The van der Waals surface area contributed by atoms with Gasteiger partial charge in [0.25, 0.3) is 0 Å². The SMILES string of the molecule is CC.CC(C)C.CCC(CC)N(CO)c1ccc(F)c(C)c1. The van der Waals surface area contributed by atoms with Crippen molar-refractivity contribution in [3.8, 4) is 0 Å². The van der Waals surface area contributed by atoms with Gasteiger partial charge in [0.1, 0.15) is 12.5 Å². The van der Waals surface area contributed by atoms with Crippen LogP contribution in [0.2, 0.25) is 0 Å². The van der Waals surface area contributed by atoms with Gasteiger partial charge in [0.05, 0.1) is 0 Å². The normalized spacial score (nSPS) is 9.82. The van der Waals surface area contributed by atoms with E-state index in [0.717, 1.165) is 24.4 Å². The molecule has 0 saturated carbocycles. The summed E-state index contributed by atoms with van der Waals surface area (Å²) in [5.41, 5.74) is 1.50. The summed E-state index contributed by atoms with van der Waals surface area (Å²) < 4.78 is 13.1. The highest BCUT2D eigenvalue weighted by Crippen LogP contribution is 2.22. The van der Waals surface area contributed by atoms with Crippen LogP contribution in [0.5, 0.6) is 0 Å². The average Bonchev–Trinajstić information content (AvgIpc) is 2.49. The van der Waals surface area contributed by atoms with Crippen molar-refractivity contribution >= 4 is 5.69 Å². The Hall–Kier alpha value is -1.09. The highest BCUT2D eigenvalue weighted by Gasteiger charge is 2.15. The van der Waals surface area contributed by atoms with Crippen molar-refractivity contribution in [1.29, 1.82) is 0 Å². The topological polar surface area (TPSA) is 23.5 Å². The van der Waals surface area contributed by atoms with E-state index in [9.17, 15) is 9.50 Å². The lowest BCUT2D eigenvalue weighted by Crippen LogP contribution is -2.35. The second-order valence-electron chi connectivity index (χ2n) is 5.75. The third-order valence-corrected chi connectivity index (χ3v) is 3.01. The molecule has 0 heterocycles. The summed E-state index contributed by atoms with van der Waals surface area (Å²) >= 11 is 0. The van der Waals surface area contributed by atoms with Crippen LogP contribution in [0.25, 0.3) is 0 Å². The fourth-order valence-electron chi connectivity index (χ4n) is 1.94. The largest absolute Gasteiger partial charge is 0.376 e. The zero-order chi connectivity index (χ0) is 17.7. The molecule has 0 atom stereocenters. The van der Waals surface area contributed by atoms with Gasteiger partial charge in [0, 0.05) is 11.7 Å². The molecule has 0 saturated heterocycles. The van der Waals surface area contributed by atoms with Gasteiger partial charge in [-0.1, -0.05) is 48.5 Å². The van der Waals surface area contributed by atoms with Crippen molar-refractivity contribution in [2.24, 2.45) is 5.92 Å². The van der Waals surface area contributed by atoms with E-state index in [1.54, 1.807) is 19.1 Å². The number of aryl methyl sites for hydroxylation is 1. The number of rotatable bonds is 5. The molecule has 22 heavy (non-hydrogen) atoms. The summed E-state index contributed by atoms with van der Waals surface area (Å²) in [6.45, 7) is 16.4. The molecule has 0 amide bonds. The smallest absolute Gasteiger partial charge is 0.126 e. The lowest BCUT2D eigenvalue weighted by atomic mass is 10.1. The molecule has 0 aliphatic rings. The van der Waals surface area contributed by atoms with E-state index in [1.807, 2.05) is 18.7 Å². The Labute approximate surface area is 137 Å². The Morgan fingerprint density at radius 2 is 1.55 bits per heavy atom. The number of aliphatic hydroxyl groups excluding tert-OH is 1. The van der Waals surface area contributed by atoms with Gasteiger partial charge >= 0.3 is 0 Å². The fourth-order valence-corrected chi connectivity index (χ4v) is 1.94. The van der Waals surface area contributed by atoms with E-state index in [1.165, 1.54) is 6.07 Å². The molecule has 0 fully saturated rings. The van der Waals surface area contributed by atoms with Crippen LogP contribution >= 0.6 is 0 Å². The number of hydrogen-bond donors (Lipinski definition) is 1. The number of benzene rings is 1. The Morgan fingerprint density at radius 3 is 1.86 bits per heavy atom. The first-order chi connectivity index (χ1) is 10.4. The molecule has 1 aromatic carbocycles. The molecule has 0 radical (unpaired) electrons. The monoisotopic (exact) mass is 313 g/mol. The van der Waals surface area contributed by atoms with Crippen LogP contribution in [0.3, 0.4) is 0 Å². The van der Waals surface area contributed by atoms with Gasteiger partial charge in [0.2, 0.25) is 0 Å². The number of aliphatic hydroxyl groups is 1. The molecular weight excluding hydrogens is 277 g/mol. The number of hydrogen-bond acceptors (Lipinski definition) is 2. The van der Waals surface area contributed by atoms with Crippen LogP contribution in [-0.4, -0.2) is 17.9 Å². The van der Waals surface area contributed by atoms with E-state index in [4.69, 9.17) is 0 Å². The first-order valence-corrected chi connectivity index (χ1v) is 8.50. The van der Waals surface area contributed by atoms with Crippen LogP contribution in [0.15, 0.2) is 18.2 Å². The third kappa shape index (κ3) is 9.04. The molecule has 0 spiro atoms. The molecule has 2 nitrogen and oxygen atoms in total. The maximum Gasteiger partial charge on any atom is 0.126 e. The lowest BCUT2D eigenvalue weighted by molar-refractivity contribution is 0.273. The summed E-state index contributed by atoms with van der Waals surface area (Å²) in [6, 6.07) is 5.26. The summed E-state index contributed by atoms with van der Waals surface area (Å²) in [4.78, 5) is 1.91. The Morgan fingerprint density at radius 1 is 1.09 bits per heavy atom. The molecule has 130 valence electrons. The zero-order valence-electron chi connectivity index (χ0n) is 15.8. The van der Waals surface area contributed by atoms with Gasteiger partial charge in [-0.25, -0.2) is 4.39 Å². The van der Waals surface area contributed by atoms with Crippen molar-refractivity contribution in [3.63, 3.8) is 0 Å². The molecule has 1 N–H and O–H groups in total. The van der Waals surface area contributed by atoms with E-state index in [2.05, 4.69) is 34.6 Å². The predicted molar refractivity (Wildman–Crippen MR) is 96.9 cm³/mol. The summed E-state index contributed by atoms with van der Waals surface area (Å²) in [5, 5.41) is 9.40. The minimum atomic E-state index is -0.203. The van der Waals surface area contributed by atoms with E-state index in [-0.39, 0.29) is 12.5 Å². The Balaban J connectivity index is 0. The number of halogens is 1. The van der Waals surface area contributed by atoms with Crippen LogP contribution in [0, 0.1) is 18.7 Å². The Bertz CT molecular complexity index is 373. The molecule has 0 aliphatic carbocycles. The highest BCUT2D eigenvalue weighted by molar-refractivity contribution is 5.49. The summed E-state index contributed by atoms with van der Waals surface area (Å²) in [6.07, 6.45) is 1.93. The lowest BCUT2D eigenvalue weighted by Gasteiger charge is -2.30. The molecule has 3 heteroatoms. The number of nitrogens with zero attached hydrogens (tertiary/aromatic N) is 1. The number of anilines is 1. The second-order valence-corrected chi connectivity index (χ2v) is 5.75. The van der Waals surface area contributed by atoms with Gasteiger partial charge in [0.15, 0.2) is 0 Å². The van der Waals surface area contributed by atoms with Crippen LogP contribution < -0.4 is 4.90 Å². The van der Waals surface area contributed by atoms with Gasteiger partial charge < -0.3 is 10.0 Å². The molecular formula is C19H36FNO. The van der Waals surface area contributed by atoms with Crippen LogP contribution in [0.1, 0.15) is 66.9 Å². The standard InChI is InChI=1S/C13H20FNO.C4H10.C2H6/c1-4-11(5-2)15(9-16)12-6-7-13(14)10(3)8-12;1-4(2)3;1-2/h6-8,11,16H,4-5,9H2,1-3H3;4H,1-3H3;1-2H3. The van der Waals surface area contributed by atoms with Crippen molar-refractivity contribution < 1.29 is 9.50 Å². The van der Waals surface area contributed by atoms with Crippen LogP contribution in [-0.2, 0) is 0 Å². The molecule has 0 unspecified atom stereocenters. The van der Waals surface area contributed by atoms with Crippen molar-refractivity contribution in [2.45, 2.75) is 74.3 Å². The third-order valence-electron chi connectivity index (χ3n) is 3.01. The fraction of sp³-hybridized carbons (Fsp3) is 0.684. The van der Waals surface area contributed by atoms with E-state index >= 15 is 0 Å². The minimum absolute atomic E-state index is 0.0303. The first-order valence-electron chi connectivity index (χ1n) is 8.50. The van der Waals surface area contributed by atoms with Crippen molar-refractivity contribution in [2.75, 3.05) is 11.6 Å². The van der Waals surface area contributed by atoms with Gasteiger partial charge in [-0.3, -0.25) is 0 Å².